The van der Waals surface area contributed by atoms with Gasteiger partial charge in [-0.2, -0.15) is 0 Å². The van der Waals surface area contributed by atoms with Crippen molar-refractivity contribution in [3.63, 3.8) is 0 Å². The zero-order valence-corrected chi connectivity index (χ0v) is 13.8. The number of nitrogens with zero attached hydrogens (tertiary/aromatic N) is 5. The van der Waals surface area contributed by atoms with Gasteiger partial charge >= 0.3 is 5.69 Å². The Morgan fingerprint density at radius 1 is 1.25 bits per heavy atom. The molecule has 1 fully saturated rings. The van der Waals surface area contributed by atoms with Crippen LogP contribution in [-0.4, -0.2) is 33.0 Å². The standard InChI is InChI=1S/C16H20N6O2/c1-11-5-7-21(8-6-11)16-14(22(23)24)15(18-10-19-16)20-13-4-3-12(2)9-17-13/h3-4,9-11H,5-8H2,1-2H3,(H,17,18,19,20). The highest BCUT2D eigenvalue weighted by Crippen LogP contribution is 2.34. The van der Waals surface area contributed by atoms with E-state index in [-0.39, 0.29) is 11.5 Å². The van der Waals surface area contributed by atoms with Crippen LogP contribution >= 0.6 is 0 Å². The molecule has 0 aromatic carbocycles. The van der Waals surface area contributed by atoms with Crippen LogP contribution in [0.2, 0.25) is 0 Å². The lowest BCUT2D eigenvalue weighted by Gasteiger charge is -2.30. The highest BCUT2D eigenvalue weighted by molar-refractivity contribution is 5.73. The molecule has 8 heteroatoms. The first kappa shape index (κ1) is 16.1. The fraction of sp³-hybridized carbons (Fsp3) is 0.438. The minimum absolute atomic E-state index is 0.102. The number of nitrogens with one attached hydrogen (secondary N) is 1. The average molecular weight is 328 g/mol. The predicted octanol–water partition coefficient (Wildman–Crippen LogP) is 3.07. The largest absolute Gasteiger partial charge is 0.353 e. The molecule has 0 saturated carbocycles. The van der Waals surface area contributed by atoms with Crippen LogP contribution in [0.5, 0.6) is 0 Å². The molecule has 0 amide bonds. The SMILES string of the molecule is Cc1ccc(Nc2ncnc(N3CCC(C)CC3)c2[N+](=O)[O-])nc1. The third-order valence-corrected chi connectivity index (χ3v) is 4.23. The molecule has 3 heterocycles. The van der Waals surface area contributed by atoms with E-state index < -0.39 is 4.92 Å². The van der Waals surface area contributed by atoms with E-state index in [9.17, 15) is 10.1 Å². The van der Waals surface area contributed by atoms with E-state index in [2.05, 4.69) is 27.2 Å². The van der Waals surface area contributed by atoms with Gasteiger partial charge in [0.25, 0.3) is 0 Å². The third kappa shape index (κ3) is 3.42. The molecule has 0 unspecified atom stereocenters. The van der Waals surface area contributed by atoms with E-state index in [1.165, 1.54) is 6.33 Å². The van der Waals surface area contributed by atoms with E-state index in [1.807, 2.05) is 17.9 Å². The number of pyridine rings is 1. The number of aromatic nitrogens is 3. The molecule has 1 saturated heterocycles. The number of hydrogen-bond donors (Lipinski definition) is 1. The number of piperidine rings is 1. The molecule has 24 heavy (non-hydrogen) atoms. The first-order valence-electron chi connectivity index (χ1n) is 7.98. The van der Waals surface area contributed by atoms with E-state index in [4.69, 9.17) is 0 Å². The smallest absolute Gasteiger partial charge is 0.351 e. The molecule has 0 bridgehead atoms. The molecule has 0 atom stereocenters. The van der Waals surface area contributed by atoms with Crippen LogP contribution in [0, 0.1) is 23.0 Å². The molecular formula is C16H20N6O2. The van der Waals surface area contributed by atoms with Crippen molar-refractivity contribution in [2.45, 2.75) is 26.7 Å². The second-order valence-corrected chi connectivity index (χ2v) is 6.17. The molecule has 2 aromatic heterocycles. The summed E-state index contributed by atoms with van der Waals surface area (Å²) < 4.78 is 0. The number of rotatable bonds is 4. The normalized spacial score (nSPS) is 15.3. The van der Waals surface area contributed by atoms with Crippen LogP contribution in [0.4, 0.5) is 23.1 Å². The summed E-state index contributed by atoms with van der Waals surface area (Å²) in [6.45, 7) is 5.66. The molecule has 126 valence electrons. The summed E-state index contributed by atoms with van der Waals surface area (Å²) in [6, 6.07) is 3.65. The lowest BCUT2D eigenvalue weighted by Crippen LogP contribution is -2.34. The van der Waals surface area contributed by atoms with Crippen molar-refractivity contribution in [1.29, 1.82) is 0 Å². The van der Waals surface area contributed by atoms with E-state index in [1.54, 1.807) is 12.3 Å². The van der Waals surface area contributed by atoms with Crippen molar-refractivity contribution >= 4 is 23.1 Å². The van der Waals surface area contributed by atoms with Gasteiger partial charge in [0.15, 0.2) is 0 Å². The van der Waals surface area contributed by atoms with Crippen molar-refractivity contribution in [3.8, 4) is 0 Å². The van der Waals surface area contributed by atoms with Crippen LogP contribution < -0.4 is 10.2 Å². The zero-order chi connectivity index (χ0) is 17.1. The Morgan fingerprint density at radius 3 is 2.62 bits per heavy atom. The number of anilines is 3. The highest BCUT2D eigenvalue weighted by Gasteiger charge is 2.29. The molecular weight excluding hydrogens is 308 g/mol. The number of hydrogen-bond acceptors (Lipinski definition) is 7. The predicted molar refractivity (Wildman–Crippen MR) is 91.6 cm³/mol. The Bertz CT molecular complexity index is 726. The molecule has 2 aromatic rings. The topological polar surface area (TPSA) is 97.1 Å². The maximum atomic E-state index is 11.6. The van der Waals surface area contributed by atoms with Gasteiger partial charge in [-0.3, -0.25) is 10.1 Å². The highest BCUT2D eigenvalue weighted by atomic mass is 16.6. The van der Waals surface area contributed by atoms with E-state index in [0.29, 0.717) is 17.6 Å². The van der Waals surface area contributed by atoms with Crippen LogP contribution in [0.1, 0.15) is 25.3 Å². The maximum Gasteiger partial charge on any atom is 0.353 e. The Kier molecular flexibility index (Phi) is 4.54. The van der Waals surface area contributed by atoms with Gasteiger partial charge in [-0.1, -0.05) is 13.0 Å². The quantitative estimate of drug-likeness (QED) is 0.680. The van der Waals surface area contributed by atoms with Crippen LogP contribution in [0.15, 0.2) is 24.7 Å². The third-order valence-electron chi connectivity index (χ3n) is 4.23. The van der Waals surface area contributed by atoms with Crippen LogP contribution in [-0.2, 0) is 0 Å². The fourth-order valence-electron chi connectivity index (χ4n) is 2.74. The van der Waals surface area contributed by atoms with Crippen molar-refractivity contribution in [2.24, 2.45) is 5.92 Å². The van der Waals surface area contributed by atoms with Crippen LogP contribution in [0.25, 0.3) is 0 Å². The summed E-state index contributed by atoms with van der Waals surface area (Å²) >= 11 is 0. The molecule has 1 aliphatic rings. The van der Waals surface area contributed by atoms with Gasteiger partial charge in [0, 0.05) is 19.3 Å². The minimum atomic E-state index is -0.427. The molecule has 1 aliphatic heterocycles. The van der Waals surface area contributed by atoms with Crippen molar-refractivity contribution < 1.29 is 4.92 Å². The number of aryl methyl sites for hydroxylation is 1. The van der Waals surface area contributed by atoms with Gasteiger partial charge in [0.2, 0.25) is 11.6 Å². The van der Waals surface area contributed by atoms with Crippen molar-refractivity contribution in [2.75, 3.05) is 23.3 Å². The summed E-state index contributed by atoms with van der Waals surface area (Å²) in [5, 5.41) is 14.6. The maximum absolute atomic E-state index is 11.6. The molecule has 8 nitrogen and oxygen atoms in total. The Hall–Kier alpha value is -2.77. The van der Waals surface area contributed by atoms with Crippen molar-refractivity contribution in [3.05, 3.63) is 40.3 Å². The summed E-state index contributed by atoms with van der Waals surface area (Å²) in [7, 11) is 0. The van der Waals surface area contributed by atoms with Gasteiger partial charge in [-0.25, -0.2) is 15.0 Å². The van der Waals surface area contributed by atoms with Crippen molar-refractivity contribution in [1.82, 2.24) is 15.0 Å². The Balaban J connectivity index is 1.93. The first-order chi connectivity index (χ1) is 11.5. The molecule has 0 spiro atoms. The summed E-state index contributed by atoms with van der Waals surface area (Å²) in [4.78, 5) is 25.6. The summed E-state index contributed by atoms with van der Waals surface area (Å²) in [5.74, 6) is 1.69. The van der Waals surface area contributed by atoms with E-state index >= 15 is 0 Å². The van der Waals surface area contributed by atoms with Gasteiger partial charge in [0.1, 0.15) is 12.1 Å². The van der Waals surface area contributed by atoms with Gasteiger partial charge in [0.05, 0.1) is 4.92 Å². The van der Waals surface area contributed by atoms with E-state index in [0.717, 1.165) is 31.5 Å². The minimum Gasteiger partial charge on any atom is -0.351 e. The summed E-state index contributed by atoms with van der Waals surface area (Å²) in [6.07, 6.45) is 5.06. The zero-order valence-electron chi connectivity index (χ0n) is 13.8. The fourth-order valence-corrected chi connectivity index (χ4v) is 2.74. The monoisotopic (exact) mass is 328 g/mol. The lowest BCUT2D eigenvalue weighted by atomic mass is 9.99. The summed E-state index contributed by atoms with van der Waals surface area (Å²) in [5.41, 5.74) is 0.912. The van der Waals surface area contributed by atoms with Gasteiger partial charge < -0.3 is 10.2 Å². The average Bonchev–Trinajstić information content (AvgIpc) is 2.57. The lowest BCUT2D eigenvalue weighted by molar-refractivity contribution is -0.383. The second kappa shape index (κ2) is 6.77. The molecule has 1 N–H and O–H groups in total. The second-order valence-electron chi connectivity index (χ2n) is 6.17. The van der Waals surface area contributed by atoms with Gasteiger partial charge in [-0.05, 0) is 37.3 Å². The van der Waals surface area contributed by atoms with Crippen LogP contribution in [0.3, 0.4) is 0 Å². The number of nitro groups is 1. The Labute approximate surface area is 140 Å². The molecule has 3 rings (SSSR count). The first-order valence-corrected chi connectivity index (χ1v) is 7.98. The van der Waals surface area contributed by atoms with Gasteiger partial charge in [-0.15, -0.1) is 0 Å². The molecule has 0 radical (unpaired) electrons. The molecule has 0 aliphatic carbocycles. The Morgan fingerprint density at radius 2 is 2.00 bits per heavy atom.